The highest BCUT2D eigenvalue weighted by atomic mass is 16.5. The van der Waals surface area contributed by atoms with Crippen molar-refractivity contribution in [3.63, 3.8) is 0 Å². The Morgan fingerprint density at radius 2 is 2.38 bits per heavy atom. The highest BCUT2D eigenvalue weighted by Gasteiger charge is 2.34. The number of hydrogen-bond acceptors (Lipinski definition) is 3. The lowest BCUT2D eigenvalue weighted by atomic mass is 9.80. The predicted octanol–water partition coefficient (Wildman–Crippen LogP) is 0.773. The normalized spacial score (nSPS) is 34.8. The van der Waals surface area contributed by atoms with Crippen LogP contribution >= 0.6 is 0 Å². The summed E-state index contributed by atoms with van der Waals surface area (Å²) in [6.45, 7) is 4.73. The molecule has 0 aliphatic carbocycles. The second kappa shape index (κ2) is 4.94. The summed E-state index contributed by atoms with van der Waals surface area (Å²) in [4.78, 5) is 0. The van der Waals surface area contributed by atoms with E-state index in [2.05, 4.69) is 12.2 Å². The fraction of sp³-hybridized carbons (Fsp3) is 1.00. The summed E-state index contributed by atoms with van der Waals surface area (Å²) in [6, 6.07) is 0. The highest BCUT2D eigenvalue weighted by molar-refractivity contribution is 4.89. The first-order valence-corrected chi connectivity index (χ1v) is 5.11. The topological polar surface area (TPSA) is 41.5 Å². The summed E-state index contributed by atoms with van der Waals surface area (Å²) in [5.74, 6) is 0.359. The van der Waals surface area contributed by atoms with E-state index in [0.717, 1.165) is 39.0 Å². The maximum Gasteiger partial charge on any atom is 0.0698 e. The van der Waals surface area contributed by atoms with Gasteiger partial charge in [-0.2, -0.15) is 0 Å². The van der Waals surface area contributed by atoms with Gasteiger partial charge in [0.1, 0.15) is 0 Å². The van der Waals surface area contributed by atoms with Gasteiger partial charge in [-0.25, -0.2) is 0 Å². The molecule has 13 heavy (non-hydrogen) atoms. The second-order valence-corrected chi connectivity index (χ2v) is 4.06. The van der Waals surface area contributed by atoms with E-state index < -0.39 is 5.60 Å². The van der Waals surface area contributed by atoms with Gasteiger partial charge in [0.05, 0.1) is 5.60 Å². The lowest BCUT2D eigenvalue weighted by Gasteiger charge is -2.38. The van der Waals surface area contributed by atoms with Crippen molar-refractivity contribution in [2.75, 3.05) is 26.8 Å². The van der Waals surface area contributed by atoms with Gasteiger partial charge in [0.15, 0.2) is 0 Å². The molecule has 0 aromatic carbocycles. The summed E-state index contributed by atoms with van der Waals surface area (Å²) in [6.07, 6.45) is 2.69. The Morgan fingerprint density at radius 1 is 1.62 bits per heavy atom. The number of rotatable bonds is 4. The summed E-state index contributed by atoms with van der Waals surface area (Å²) in [5, 5.41) is 13.6. The van der Waals surface area contributed by atoms with Gasteiger partial charge < -0.3 is 15.2 Å². The molecule has 1 aliphatic rings. The van der Waals surface area contributed by atoms with Crippen molar-refractivity contribution in [1.29, 1.82) is 0 Å². The van der Waals surface area contributed by atoms with Crippen LogP contribution in [0.15, 0.2) is 0 Å². The van der Waals surface area contributed by atoms with E-state index in [1.54, 1.807) is 7.11 Å². The zero-order valence-corrected chi connectivity index (χ0v) is 8.68. The Balaban J connectivity index is 2.33. The van der Waals surface area contributed by atoms with Crippen LogP contribution in [0, 0.1) is 5.92 Å². The minimum absolute atomic E-state index is 0.359. The minimum Gasteiger partial charge on any atom is -0.390 e. The molecule has 0 aromatic heterocycles. The molecule has 78 valence electrons. The van der Waals surface area contributed by atoms with E-state index >= 15 is 0 Å². The molecule has 3 heteroatoms. The maximum atomic E-state index is 10.3. The van der Waals surface area contributed by atoms with Crippen LogP contribution in [-0.2, 0) is 4.74 Å². The standard InChI is InChI=1S/C10H21NO2/c1-9-8-11-6-5-10(9,12)4-3-7-13-2/h9,11-12H,3-8H2,1-2H3. The van der Waals surface area contributed by atoms with Crippen LogP contribution in [0.4, 0.5) is 0 Å². The largest absolute Gasteiger partial charge is 0.390 e. The van der Waals surface area contributed by atoms with E-state index in [1.165, 1.54) is 0 Å². The second-order valence-electron chi connectivity index (χ2n) is 4.06. The van der Waals surface area contributed by atoms with E-state index in [4.69, 9.17) is 4.74 Å². The van der Waals surface area contributed by atoms with Crippen molar-refractivity contribution in [2.45, 2.75) is 31.8 Å². The predicted molar refractivity (Wildman–Crippen MR) is 52.7 cm³/mol. The lowest BCUT2D eigenvalue weighted by molar-refractivity contribution is -0.0453. The van der Waals surface area contributed by atoms with Gasteiger partial charge in [-0.3, -0.25) is 0 Å². The van der Waals surface area contributed by atoms with Crippen LogP contribution in [0.2, 0.25) is 0 Å². The van der Waals surface area contributed by atoms with E-state index in [9.17, 15) is 5.11 Å². The summed E-state index contributed by atoms with van der Waals surface area (Å²) in [5.41, 5.74) is -0.455. The molecule has 1 aliphatic heterocycles. The zero-order chi connectivity index (χ0) is 9.73. The Kier molecular flexibility index (Phi) is 4.16. The molecular weight excluding hydrogens is 166 g/mol. The van der Waals surface area contributed by atoms with Gasteiger partial charge in [-0.1, -0.05) is 6.92 Å². The first kappa shape index (κ1) is 11.0. The van der Waals surface area contributed by atoms with Crippen LogP contribution in [0.3, 0.4) is 0 Å². The van der Waals surface area contributed by atoms with Gasteiger partial charge in [-0.15, -0.1) is 0 Å². The number of methoxy groups -OCH3 is 1. The number of nitrogens with one attached hydrogen (secondary N) is 1. The van der Waals surface area contributed by atoms with Crippen LogP contribution in [0.1, 0.15) is 26.2 Å². The third kappa shape index (κ3) is 2.93. The smallest absolute Gasteiger partial charge is 0.0698 e. The van der Waals surface area contributed by atoms with E-state index in [-0.39, 0.29) is 0 Å². The third-order valence-corrected chi connectivity index (χ3v) is 3.06. The molecule has 1 rings (SSSR count). The van der Waals surface area contributed by atoms with Crippen LogP contribution in [0.25, 0.3) is 0 Å². The van der Waals surface area contributed by atoms with Crippen molar-refractivity contribution in [1.82, 2.24) is 5.32 Å². The molecule has 0 bridgehead atoms. The van der Waals surface area contributed by atoms with Gasteiger partial charge in [-0.05, 0) is 31.7 Å². The lowest BCUT2D eigenvalue weighted by Crippen LogP contribution is -2.49. The van der Waals surface area contributed by atoms with Gasteiger partial charge in [0, 0.05) is 20.3 Å². The first-order valence-electron chi connectivity index (χ1n) is 5.11. The Bertz CT molecular complexity index is 152. The van der Waals surface area contributed by atoms with Gasteiger partial charge in [0.2, 0.25) is 0 Å². The molecule has 3 nitrogen and oxygen atoms in total. The van der Waals surface area contributed by atoms with Crippen LogP contribution in [-0.4, -0.2) is 37.5 Å². The summed E-state index contributed by atoms with van der Waals surface area (Å²) in [7, 11) is 1.70. The molecule has 0 spiro atoms. The molecule has 2 N–H and O–H groups in total. The number of aliphatic hydroxyl groups is 1. The van der Waals surface area contributed by atoms with Crippen molar-refractivity contribution in [3.8, 4) is 0 Å². The Hall–Kier alpha value is -0.120. The molecule has 0 radical (unpaired) electrons. The van der Waals surface area contributed by atoms with Crippen LogP contribution < -0.4 is 5.32 Å². The molecular formula is C10H21NO2. The van der Waals surface area contributed by atoms with Crippen molar-refractivity contribution in [3.05, 3.63) is 0 Å². The highest BCUT2D eigenvalue weighted by Crippen LogP contribution is 2.28. The molecule has 1 saturated heterocycles. The average molecular weight is 187 g/mol. The summed E-state index contributed by atoms with van der Waals surface area (Å²) < 4.78 is 4.99. The quantitative estimate of drug-likeness (QED) is 0.639. The first-order chi connectivity index (χ1) is 6.19. The molecule has 2 atom stereocenters. The molecule has 2 unspecified atom stereocenters. The van der Waals surface area contributed by atoms with E-state index in [1.807, 2.05) is 0 Å². The van der Waals surface area contributed by atoms with Crippen molar-refractivity contribution >= 4 is 0 Å². The minimum atomic E-state index is -0.455. The monoisotopic (exact) mass is 187 g/mol. The number of ether oxygens (including phenoxy) is 1. The number of hydrogen-bond donors (Lipinski definition) is 2. The fourth-order valence-electron chi connectivity index (χ4n) is 1.95. The number of piperidine rings is 1. The van der Waals surface area contributed by atoms with Crippen molar-refractivity contribution in [2.24, 2.45) is 5.92 Å². The molecule has 1 heterocycles. The van der Waals surface area contributed by atoms with Gasteiger partial charge in [0.25, 0.3) is 0 Å². The fourth-order valence-corrected chi connectivity index (χ4v) is 1.95. The third-order valence-electron chi connectivity index (χ3n) is 3.06. The van der Waals surface area contributed by atoms with Crippen molar-refractivity contribution < 1.29 is 9.84 Å². The Labute approximate surface area is 80.5 Å². The Morgan fingerprint density at radius 3 is 3.00 bits per heavy atom. The van der Waals surface area contributed by atoms with E-state index in [0.29, 0.717) is 5.92 Å². The van der Waals surface area contributed by atoms with Gasteiger partial charge >= 0.3 is 0 Å². The SMILES string of the molecule is COCCCC1(O)CCNCC1C. The maximum absolute atomic E-state index is 10.3. The zero-order valence-electron chi connectivity index (χ0n) is 8.68. The molecule has 0 saturated carbocycles. The van der Waals surface area contributed by atoms with Crippen LogP contribution in [0.5, 0.6) is 0 Å². The molecule has 1 fully saturated rings. The molecule has 0 amide bonds. The summed E-state index contributed by atoms with van der Waals surface area (Å²) >= 11 is 0. The average Bonchev–Trinajstić information content (AvgIpc) is 2.11. The molecule has 0 aromatic rings.